The van der Waals surface area contributed by atoms with E-state index in [2.05, 4.69) is 21.6 Å². The number of carbonyl (C=O) groups is 1. The summed E-state index contributed by atoms with van der Waals surface area (Å²) >= 11 is 1.16. The summed E-state index contributed by atoms with van der Waals surface area (Å²) in [6, 6.07) is 19.9. The Labute approximate surface area is 196 Å². The monoisotopic (exact) mass is 457 g/mol. The number of hydrogen-bond acceptors (Lipinski definition) is 6. The first kappa shape index (κ1) is 22.4. The van der Waals surface area contributed by atoms with E-state index in [1.54, 1.807) is 0 Å². The molecule has 2 heterocycles. The first-order valence-corrected chi connectivity index (χ1v) is 11.4. The minimum Gasteiger partial charge on any atom is -0.411 e. The third-order valence-corrected chi connectivity index (χ3v) is 6.23. The van der Waals surface area contributed by atoms with Crippen molar-refractivity contribution in [1.82, 2.24) is 14.8 Å². The van der Waals surface area contributed by atoms with Crippen molar-refractivity contribution in [3.8, 4) is 17.5 Å². The molecule has 0 saturated heterocycles. The Morgan fingerprint density at radius 1 is 1.09 bits per heavy atom. The van der Waals surface area contributed by atoms with E-state index in [0.29, 0.717) is 29.0 Å². The maximum atomic E-state index is 12.7. The second-order valence-electron chi connectivity index (χ2n) is 7.69. The standard InChI is InChI=1S/C25H23N5O2S/c1-16-9-11-20(12-10-16)24-28-29-25(32-24)33-15-22(31)27-23-21(13-26)17(2)18(3)30(23)14-19-7-5-4-6-8-19/h4-12H,14-15H2,1-3H3,(H,27,31). The van der Waals surface area contributed by atoms with Gasteiger partial charge in [0.05, 0.1) is 11.3 Å². The lowest BCUT2D eigenvalue weighted by molar-refractivity contribution is -0.113. The van der Waals surface area contributed by atoms with Crippen LogP contribution in [0.2, 0.25) is 0 Å². The van der Waals surface area contributed by atoms with Crippen molar-refractivity contribution in [2.24, 2.45) is 0 Å². The number of rotatable bonds is 7. The van der Waals surface area contributed by atoms with Gasteiger partial charge in [-0.2, -0.15) is 5.26 Å². The number of amides is 1. The fourth-order valence-corrected chi connectivity index (χ4v) is 4.03. The Hall–Kier alpha value is -3.83. The molecule has 0 saturated carbocycles. The lowest BCUT2D eigenvalue weighted by Crippen LogP contribution is -2.18. The predicted molar refractivity (Wildman–Crippen MR) is 128 cm³/mol. The Balaban J connectivity index is 1.47. The van der Waals surface area contributed by atoms with Crippen LogP contribution in [0.1, 0.15) is 27.9 Å². The van der Waals surface area contributed by atoms with Gasteiger partial charge in [-0.25, -0.2) is 0 Å². The molecule has 33 heavy (non-hydrogen) atoms. The first-order chi connectivity index (χ1) is 16.0. The zero-order chi connectivity index (χ0) is 23.4. The molecule has 0 aliphatic carbocycles. The molecule has 4 aromatic rings. The molecule has 2 aromatic heterocycles. The number of carbonyl (C=O) groups excluding carboxylic acids is 1. The van der Waals surface area contributed by atoms with E-state index >= 15 is 0 Å². The molecular weight excluding hydrogens is 434 g/mol. The van der Waals surface area contributed by atoms with Crippen LogP contribution >= 0.6 is 11.8 Å². The van der Waals surface area contributed by atoms with Gasteiger partial charge in [0.15, 0.2) is 0 Å². The van der Waals surface area contributed by atoms with Crippen LogP contribution in [0.15, 0.2) is 64.2 Å². The topological polar surface area (TPSA) is 96.7 Å². The van der Waals surface area contributed by atoms with Crippen LogP contribution in [-0.4, -0.2) is 26.4 Å². The van der Waals surface area contributed by atoms with Crippen LogP contribution in [0, 0.1) is 32.1 Å². The third-order valence-electron chi connectivity index (χ3n) is 5.41. The first-order valence-electron chi connectivity index (χ1n) is 10.4. The molecule has 1 N–H and O–H groups in total. The van der Waals surface area contributed by atoms with Gasteiger partial charge in [-0.1, -0.05) is 59.8 Å². The van der Waals surface area contributed by atoms with Gasteiger partial charge >= 0.3 is 0 Å². The Morgan fingerprint density at radius 2 is 1.82 bits per heavy atom. The smallest absolute Gasteiger partial charge is 0.277 e. The second kappa shape index (κ2) is 9.76. The molecule has 7 nitrogen and oxygen atoms in total. The molecule has 0 spiro atoms. The third kappa shape index (κ3) is 4.99. The van der Waals surface area contributed by atoms with Gasteiger partial charge in [0.1, 0.15) is 11.9 Å². The number of nitrogens with one attached hydrogen (secondary N) is 1. The average molecular weight is 458 g/mol. The summed E-state index contributed by atoms with van der Waals surface area (Å²) in [5.41, 5.74) is 5.33. The van der Waals surface area contributed by atoms with Gasteiger partial charge < -0.3 is 14.3 Å². The van der Waals surface area contributed by atoms with Gasteiger partial charge in [-0.05, 0) is 44.0 Å². The molecule has 0 bridgehead atoms. The van der Waals surface area contributed by atoms with Crippen LogP contribution in [0.3, 0.4) is 0 Å². The largest absolute Gasteiger partial charge is 0.411 e. The lowest BCUT2D eigenvalue weighted by atomic mass is 10.1. The molecule has 0 radical (unpaired) electrons. The predicted octanol–water partition coefficient (Wildman–Crippen LogP) is 5.11. The van der Waals surface area contributed by atoms with Crippen LogP contribution in [0.4, 0.5) is 5.82 Å². The zero-order valence-corrected chi connectivity index (χ0v) is 19.4. The summed E-state index contributed by atoms with van der Waals surface area (Å²) in [7, 11) is 0. The molecule has 166 valence electrons. The van der Waals surface area contributed by atoms with Gasteiger partial charge in [-0.3, -0.25) is 4.79 Å². The van der Waals surface area contributed by atoms with E-state index in [1.165, 1.54) is 0 Å². The van der Waals surface area contributed by atoms with Crippen molar-refractivity contribution in [3.63, 3.8) is 0 Å². The highest BCUT2D eigenvalue weighted by molar-refractivity contribution is 7.99. The number of nitriles is 1. The average Bonchev–Trinajstić information content (AvgIpc) is 3.38. The fourth-order valence-electron chi connectivity index (χ4n) is 3.47. The molecule has 1 amide bonds. The van der Waals surface area contributed by atoms with Crippen LogP contribution < -0.4 is 5.32 Å². The highest BCUT2D eigenvalue weighted by Gasteiger charge is 2.20. The van der Waals surface area contributed by atoms with Crippen molar-refractivity contribution in [2.75, 3.05) is 11.1 Å². The minimum absolute atomic E-state index is 0.0784. The van der Waals surface area contributed by atoms with Crippen molar-refractivity contribution < 1.29 is 9.21 Å². The summed E-state index contributed by atoms with van der Waals surface area (Å²) in [5, 5.41) is 21.0. The Kier molecular flexibility index (Phi) is 6.61. The van der Waals surface area contributed by atoms with Crippen molar-refractivity contribution >= 4 is 23.5 Å². The van der Waals surface area contributed by atoms with Crippen LogP contribution in [0.25, 0.3) is 11.5 Å². The van der Waals surface area contributed by atoms with E-state index in [0.717, 1.165) is 39.7 Å². The quantitative estimate of drug-likeness (QED) is 0.387. The van der Waals surface area contributed by atoms with Crippen LogP contribution in [-0.2, 0) is 11.3 Å². The number of aryl methyl sites for hydroxylation is 1. The Morgan fingerprint density at radius 3 is 2.52 bits per heavy atom. The van der Waals surface area contributed by atoms with E-state index in [9.17, 15) is 10.1 Å². The molecule has 0 aliphatic heterocycles. The van der Waals surface area contributed by atoms with Gasteiger partial charge in [0.2, 0.25) is 11.8 Å². The molecule has 2 aromatic carbocycles. The van der Waals surface area contributed by atoms with E-state index in [-0.39, 0.29) is 11.7 Å². The van der Waals surface area contributed by atoms with Crippen LogP contribution in [0.5, 0.6) is 0 Å². The number of anilines is 1. The highest BCUT2D eigenvalue weighted by Crippen LogP contribution is 2.28. The van der Waals surface area contributed by atoms with Gasteiger partial charge in [0, 0.05) is 17.8 Å². The maximum Gasteiger partial charge on any atom is 0.277 e. The molecule has 4 rings (SSSR count). The van der Waals surface area contributed by atoms with E-state index < -0.39 is 0 Å². The molecule has 0 aliphatic rings. The molecular formula is C25H23N5O2S. The molecule has 0 fully saturated rings. The zero-order valence-electron chi connectivity index (χ0n) is 18.6. The summed E-state index contributed by atoms with van der Waals surface area (Å²) < 4.78 is 7.65. The number of nitrogens with zero attached hydrogens (tertiary/aromatic N) is 4. The molecule has 8 heteroatoms. The highest BCUT2D eigenvalue weighted by atomic mass is 32.2. The summed E-state index contributed by atoms with van der Waals surface area (Å²) in [4.78, 5) is 12.7. The van der Waals surface area contributed by atoms with Crippen molar-refractivity contribution in [3.05, 3.63) is 82.5 Å². The number of thioether (sulfide) groups is 1. The Bertz CT molecular complexity index is 1320. The van der Waals surface area contributed by atoms with Gasteiger partial charge in [0.25, 0.3) is 5.22 Å². The summed E-state index contributed by atoms with van der Waals surface area (Å²) in [6.45, 7) is 6.41. The van der Waals surface area contributed by atoms with E-state index in [4.69, 9.17) is 4.42 Å². The molecule has 0 atom stereocenters. The van der Waals surface area contributed by atoms with E-state index in [1.807, 2.05) is 79.9 Å². The van der Waals surface area contributed by atoms with Crippen molar-refractivity contribution in [1.29, 1.82) is 5.26 Å². The summed E-state index contributed by atoms with van der Waals surface area (Å²) in [6.07, 6.45) is 0. The normalized spacial score (nSPS) is 10.7. The summed E-state index contributed by atoms with van der Waals surface area (Å²) in [5.74, 6) is 0.744. The maximum absolute atomic E-state index is 12.7. The number of benzene rings is 2. The second-order valence-corrected chi connectivity index (χ2v) is 8.62. The lowest BCUT2D eigenvalue weighted by Gasteiger charge is -2.13. The molecule has 0 unspecified atom stereocenters. The SMILES string of the molecule is Cc1ccc(-c2nnc(SCC(=O)Nc3c(C#N)c(C)c(C)n3Cc3ccccc3)o2)cc1. The van der Waals surface area contributed by atoms with Crippen molar-refractivity contribution in [2.45, 2.75) is 32.5 Å². The fraction of sp³-hybridized carbons (Fsp3) is 0.200. The van der Waals surface area contributed by atoms with Gasteiger partial charge in [-0.15, -0.1) is 10.2 Å². The number of hydrogen-bond donors (Lipinski definition) is 1. The number of aromatic nitrogens is 3. The minimum atomic E-state index is -0.251.